The molecule has 0 unspecified atom stereocenters. The van der Waals surface area contributed by atoms with Crippen LogP contribution in [0.25, 0.3) is 33.4 Å². The number of anilines is 1. The van der Waals surface area contributed by atoms with E-state index in [-0.39, 0.29) is 5.41 Å². The first kappa shape index (κ1) is 26.0. The second-order valence-corrected chi connectivity index (χ2v) is 12.4. The molecule has 0 amide bonds. The van der Waals surface area contributed by atoms with Gasteiger partial charge in [-0.15, -0.1) is 0 Å². The minimum atomic E-state index is -0.440. The molecule has 2 N–H and O–H groups in total. The lowest BCUT2D eigenvalue weighted by Gasteiger charge is -2.34. The molecule has 6 aromatic rings. The summed E-state index contributed by atoms with van der Waals surface area (Å²) >= 11 is 0. The highest BCUT2D eigenvalue weighted by Crippen LogP contribution is 2.57. The Hall–Kier alpha value is -4.88. The van der Waals surface area contributed by atoms with E-state index in [1.54, 1.807) is 0 Å². The summed E-state index contributed by atoms with van der Waals surface area (Å²) in [7, 11) is 0. The van der Waals surface area contributed by atoms with E-state index >= 15 is 0 Å². The van der Waals surface area contributed by atoms with E-state index in [2.05, 4.69) is 166 Å². The molecule has 42 heavy (non-hydrogen) atoms. The Bertz CT molecular complexity index is 1840. The van der Waals surface area contributed by atoms with Crippen LogP contribution in [0.3, 0.4) is 0 Å². The fourth-order valence-corrected chi connectivity index (χ4v) is 6.76. The molecule has 0 aliphatic heterocycles. The van der Waals surface area contributed by atoms with Gasteiger partial charge < -0.3 is 5.73 Å². The number of benzene rings is 6. The van der Waals surface area contributed by atoms with E-state index in [1.807, 2.05) is 0 Å². The van der Waals surface area contributed by atoms with Crippen molar-refractivity contribution in [3.63, 3.8) is 0 Å². The number of hydrogen-bond acceptors (Lipinski definition) is 1. The number of fused-ring (bicyclic) bond motifs is 3. The molecule has 0 fully saturated rings. The van der Waals surface area contributed by atoms with Crippen molar-refractivity contribution in [1.82, 2.24) is 0 Å². The fourth-order valence-electron chi connectivity index (χ4n) is 6.76. The largest absolute Gasteiger partial charge is 0.398 e. The minimum Gasteiger partial charge on any atom is -0.398 e. The molecule has 1 aliphatic carbocycles. The quantitative estimate of drug-likeness (QED) is 0.220. The molecule has 0 spiro atoms. The van der Waals surface area contributed by atoms with Crippen LogP contribution >= 0.6 is 0 Å². The molecule has 0 atom stereocenters. The summed E-state index contributed by atoms with van der Waals surface area (Å²) in [4.78, 5) is 0. The summed E-state index contributed by atoms with van der Waals surface area (Å²) in [5.41, 5.74) is 20.9. The average molecular weight is 542 g/mol. The molecule has 0 bridgehead atoms. The Morgan fingerprint density at radius 3 is 1.52 bits per heavy atom. The molecule has 0 heterocycles. The number of rotatable bonds is 4. The molecular formula is C41H35N. The molecule has 204 valence electrons. The average Bonchev–Trinajstić information content (AvgIpc) is 3.31. The Kier molecular flexibility index (Phi) is 6.13. The Morgan fingerprint density at radius 2 is 0.952 bits per heavy atom. The van der Waals surface area contributed by atoms with Crippen molar-refractivity contribution in [3.05, 3.63) is 173 Å². The molecular weight excluding hydrogens is 506 g/mol. The second-order valence-electron chi connectivity index (χ2n) is 12.4. The van der Waals surface area contributed by atoms with Gasteiger partial charge >= 0.3 is 0 Å². The van der Waals surface area contributed by atoms with E-state index in [1.165, 1.54) is 50.1 Å². The van der Waals surface area contributed by atoms with Crippen molar-refractivity contribution in [2.45, 2.75) is 31.6 Å². The van der Waals surface area contributed by atoms with Crippen molar-refractivity contribution < 1.29 is 0 Å². The SMILES string of the molecule is CC(C)(C)c1ccc(-c2ccc(-c3cc4c(cc3N)C(c3ccccc3)(c3ccccc3)c3ccccc3-4)cc2)cc1. The van der Waals surface area contributed by atoms with Crippen molar-refractivity contribution >= 4 is 5.69 Å². The number of nitrogens with two attached hydrogens (primary N) is 1. The van der Waals surface area contributed by atoms with Crippen LogP contribution in [0.4, 0.5) is 5.69 Å². The topological polar surface area (TPSA) is 26.0 Å². The monoisotopic (exact) mass is 541 g/mol. The summed E-state index contributed by atoms with van der Waals surface area (Å²) in [5, 5.41) is 0. The first-order chi connectivity index (χ1) is 20.4. The third-order valence-corrected chi connectivity index (χ3v) is 8.91. The number of hydrogen-bond donors (Lipinski definition) is 1. The van der Waals surface area contributed by atoms with Gasteiger partial charge in [-0.05, 0) is 73.2 Å². The molecule has 6 aromatic carbocycles. The van der Waals surface area contributed by atoms with Crippen LogP contribution in [0.1, 0.15) is 48.6 Å². The van der Waals surface area contributed by atoms with E-state index in [4.69, 9.17) is 5.73 Å². The van der Waals surface area contributed by atoms with Crippen molar-refractivity contribution in [2.75, 3.05) is 5.73 Å². The van der Waals surface area contributed by atoms with Gasteiger partial charge in [0.05, 0.1) is 5.41 Å². The minimum absolute atomic E-state index is 0.144. The number of nitrogen functional groups attached to an aromatic ring is 1. The van der Waals surface area contributed by atoms with Crippen molar-refractivity contribution in [3.8, 4) is 33.4 Å². The van der Waals surface area contributed by atoms with Gasteiger partial charge in [-0.1, -0.05) is 154 Å². The Labute approximate surface area is 249 Å². The molecule has 1 heteroatoms. The van der Waals surface area contributed by atoms with Crippen LogP contribution < -0.4 is 5.73 Å². The standard InChI is InChI=1S/C41H35N/c1-40(2,3)31-24-22-29(23-25-31)28-18-20-30(21-19-28)35-26-36-34-16-10-11-17-37(34)41(38(36)27-39(35)42,32-12-6-4-7-13-32)33-14-8-5-9-15-33/h4-27H,42H2,1-3H3. The normalized spacial score (nSPS) is 13.4. The van der Waals surface area contributed by atoms with Gasteiger partial charge in [-0.3, -0.25) is 0 Å². The van der Waals surface area contributed by atoms with Gasteiger partial charge in [0, 0.05) is 11.3 Å². The van der Waals surface area contributed by atoms with Crippen LogP contribution in [0.2, 0.25) is 0 Å². The van der Waals surface area contributed by atoms with E-state index in [9.17, 15) is 0 Å². The van der Waals surface area contributed by atoms with Gasteiger partial charge in [-0.25, -0.2) is 0 Å². The van der Waals surface area contributed by atoms with Gasteiger partial charge in [0.15, 0.2) is 0 Å². The first-order valence-electron chi connectivity index (χ1n) is 14.7. The molecule has 7 rings (SSSR count). The smallest absolute Gasteiger partial charge is 0.0714 e. The predicted octanol–water partition coefficient (Wildman–Crippen LogP) is 10.3. The molecule has 1 nitrogen and oxygen atoms in total. The lowest BCUT2D eigenvalue weighted by atomic mass is 9.67. The molecule has 0 saturated heterocycles. The van der Waals surface area contributed by atoms with E-state index < -0.39 is 5.41 Å². The molecule has 0 radical (unpaired) electrons. The van der Waals surface area contributed by atoms with Crippen LogP contribution in [0.5, 0.6) is 0 Å². The summed E-state index contributed by atoms with van der Waals surface area (Å²) in [6, 6.07) is 52.8. The summed E-state index contributed by atoms with van der Waals surface area (Å²) < 4.78 is 0. The zero-order chi connectivity index (χ0) is 28.9. The third-order valence-electron chi connectivity index (χ3n) is 8.91. The second kappa shape index (κ2) is 9.89. The maximum atomic E-state index is 6.94. The van der Waals surface area contributed by atoms with Crippen LogP contribution in [0.15, 0.2) is 146 Å². The van der Waals surface area contributed by atoms with Gasteiger partial charge in [0.1, 0.15) is 0 Å². The highest BCUT2D eigenvalue weighted by Gasteiger charge is 2.46. The third kappa shape index (κ3) is 4.08. The van der Waals surface area contributed by atoms with Gasteiger partial charge in [0.2, 0.25) is 0 Å². The summed E-state index contributed by atoms with van der Waals surface area (Å²) in [5.74, 6) is 0. The zero-order valence-electron chi connectivity index (χ0n) is 24.4. The van der Waals surface area contributed by atoms with Crippen molar-refractivity contribution in [1.29, 1.82) is 0 Å². The van der Waals surface area contributed by atoms with Gasteiger partial charge in [-0.2, -0.15) is 0 Å². The maximum absolute atomic E-state index is 6.94. The summed E-state index contributed by atoms with van der Waals surface area (Å²) in [6.45, 7) is 6.75. The Balaban J connectivity index is 1.37. The highest BCUT2D eigenvalue weighted by molar-refractivity contribution is 5.92. The van der Waals surface area contributed by atoms with Crippen LogP contribution in [-0.4, -0.2) is 0 Å². The highest BCUT2D eigenvalue weighted by atomic mass is 14.6. The van der Waals surface area contributed by atoms with E-state index in [0.29, 0.717) is 0 Å². The lowest BCUT2D eigenvalue weighted by Crippen LogP contribution is -2.28. The van der Waals surface area contributed by atoms with Crippen LogP contribution in [0, 0.1) is 0 Å². The first-order valence-corrected chi connectivity index (χ1v) is 14.7. The Morgan fingerprint density at radius 1 is 0.452 bits per heavy atom. The fraction of sp³-hybridized carbons (Fsp3) is 0.122. The zero-order valence-corrected chi connectivity index (χ0v) is 24.4. The van der Waals surface area contributed by atoms with Crippen molar-refractivity contribution in [2.24, 2.45) is 0 Å². The maximum Gasteiger partial charge on any atom is 0.0714 e. The van der Waals surface area contributed by atoms with E-state index in [0.717, 1.165) is 16.8 Å². The van der Waals surface area contributed by atoms with Crippen LogP contribution in [-0.2, 0) is 10.8 Å². The predicted molar refractivity (Wildman–Crippen MR) is 178 cm³/mol. The molecule has 1 aliphatic rings. The molecule has 0 saturated carbocycles. The van der Waals surface area contributed by atoms with Gasteiger partial charge in [0.25, 0.3) is 0 Å². The lowest BCUT2D eigenvalue weighted by molar-refractivity contribution is 0.590. The molecule has 0 aromatic heterocycles. The summed E-state index contributed by atoms with van der Waals surface area (Å²) in [6.07, 6.45) is 0.